The highest BCUT2D eigenvalue weighted by Crippen LogP contribution is 2.33. The fraction of sp³-hybridized carbons (Fsp3) is 0.208. The van der Waals surface area contributed by atoms with Crippen molar-refractivity contribution in [3.05, 3.63) is 83.4 Å². The van der Waals surface area contributed by atoms with Crippen LogP contribution in [0.4, 0.5) is 18.9 Å². The Kier molecular flexibility index (Phi) is 6.37. The van der Waals surface area contributed by atoms with Gasteiger partial charge in [0.25, 0.3) is 11.8 Å². The molecule has 0 aliphatic carbocycles. The number of rotatable bonds is 4. The second kappa shape index (κ2) is 9.23. The molecular formula is C24H19ClF3N3O2. The summed E-state index contributed by atoms with van der Waals surface area (Å²) in [5, 5.41) is 3.05. The van der Waals surface area contributed by atoms with E-state index in [2.05, 4.69) is 10.3 Å². The first-order valence-electron chi connectivity index (χ1n) is 10.1. The van der Waals surface area contributed by atoms with Gasteiger partial charge in [-0.2, -0.15) is 0 Å². The summed E-state index contributed by atoms with van der Waals surface area (Å²) in [6, 6.07) is 13.2. The van der Waals surface area contributed by atoms with Crippen molar-refractivity contribution < 1.29 is 22.8 Å². The highest BCUT2D eigenvalue weighted by atomic mass is 35.5. The number of aromatic nitrogens is 1. The smallest absolute Gasteiger partial charge is 0.266 e. The molecule has 0 radical (unpaired) electrons. The van der Waals surface area contributed by atoms with Crippen LogP contribution in [0.15, 0.2) is 67.0 Å². The van der Waals surface area contributed by atoms with Gasteiger partial charge in [-0.1, -0.05) is 11.6 Å². The van der Waals surface area contributed by atoms with E-state index in [-0.39, 0.29) is 12.1 Å². The Morgan fingerprint density at radius 1 is 1.03 bits per heavy atom. The quantitative estimate of drug-likeness (QED) is 0.561. The number of hydrogen-bond donors (Lipinski definition) is 1. The number of piperidine rings is 1. The summed E-state index contributed by atoms with van der Waals surface area (Å²) in [6.45, 7) is -1.06. The topological polar surface area (TPSA) is 62.3 Å². The van der Waals surface area contributed by atoms with Gasteiger partial charge in [-0.05, 0) is 65.7 Å². The van der Waals surface area contributed by atoms with E-state index in [1.807, 2.05) is 0 Å². The lowest BCUT2D eigenvalue weighted by molar-refractivity contribution is -0.130. The predicted octanol–water partition coefficient (Wildman–Crippen LogP) is 5.28. The first kappa shape index (κ1) is 22.8. The number of carbonyl (C=O) groups is 2. The Bertz CT molecular complexity index is 1170. The van der Waals surface area contributed by atoms with Gasteiger partial charge in [0.1, 0.15) is 5.82 Å². The second-order valence-electron chi connectivity index (χ2n) is 7.90. The van der Waals surface area contributed by atoms with E-state index in [0.29, 0.717) is 21.8 Å². The van der Waals surface area contributed by atoms with E-state index in [0.717, 1.165) is 11.0 Å². The Balaban J connectivity index is 1.55. The first-order chi connectivity index (χ1) is 15.7. The van der Waals surface area contributed by atoms with Crippen LogP contribution in [0.5, 0.6) is 0 Å². The van der Waals surface area contributed by atoms with Crippen LogP contribution in [0.1, 0.15) is 16.8 Å². The normalized spacial score (nSPS) is 17.5. The number of nitrogens with zero attached hydrogens (tertiary/aromatic N) is 2. The predicted molar refractivity (Wildman–Crippen MR) is 119 cm³/mol. The van der Waals surface area contributed by atoms with Crippen molar-refractivity contribution in [3.8, 4) is 11.1 Å². The maximum Gasteiger partial charge on any atom is 0.266 e. The molecule has 0 spiro atoms. The number of likely N-dealkylation sites (tertiary alicyclic amines) is 1. The molecule has 3 aromatic rings. The van der Waals surface area contributed by atoms with Crippen molar-refractivity contribution >= 4 is 29.1 Å². The minimum Gasteiger partial charge on any atom is -0.332 e. The number of nitrogens with one attached hydrogen (secondary N) is 1. The summed E-state index contributed by atoms with van der Waals surface area (Å²) in [5.41, 5.74) is 1.38. The third kappa shape index (κ3) is 5.51. The van der Waals surface area contributed by atoms with Crippen LogP contribution in [0.25, 0.3) is 11.1 Å². The number of carbonyl (C=O) groups excluding carboxylic acids is 2. The number of benzene rings is 2. The van der Waals surface area contributed by atoms with Gasteiger partial charge in [0.05, 0.1) is 12.5 Å². The molecule has 1 aliphatic rings. The first-order valence-corrected chi connectivity index (χ1v) is 10.5. The van der Waals surface area contributed by atoms with Gasteiger partial charge in [-0.15, -0.1) is 0 Å². The summed E-state index contributed by atoms with van der Waals surface area (Å²) in [6.07, 6.45) is 2.36. The van der Waals surface area contributed by atoms with Gasteiger partial charge < -0.3 is 10.2 Å². The zero-order valence-electron chi connectivity index (χ0n) is 17.3. The van der Waals surface area contributed by atoms with E-state index in [1.54, 1.807) is 36.4 Å². The van der Waals surface area contributed by atoms with Crippen LogP contribution in [0.2, 0.25) is 5.02 Å². The molecule has 2 aromatic carbocycles. The molecule has 170 valence electrons. The number of pyridine rings is 1. The molecular weight excluding hydrogens is 455 g/mol. The third-order valence-corrected chi connectivity index (χ3v) is 5.59. The van der Waals surface area contributed by atoms with Crippen LogP contribution in [0, 0.1) is 11.7 Å². The van der Waals surface area contributed by atoms with Gasteiger partial charge in [-0.25, -0.2) is 13.2 Å². The summed E-state index contributed by atoms with van der Waals surface area (Å²) in [7, 11) is 0. The largest absolute Gasteiger partial charge is 0.332 e. The summed E-state index contributed by atoms with van der Waals surface area (Å²) >= 11 is 5.82. The number of alkyl halides is 2. The van der Waals surface area contributed by atoms with Crippen LogP contribution in [0.3, 0.4) is 0 Å². The van der Waals surface area contributed by atoms with Gasteiger partial charge in [0, 0.05) is 41.6 Å². The van der Waals surface area contributed by atoms with Crippen molar-refractivity contribution in [2.75, 3.05) is 18.4 Å². The minimum atomic E-state index is -3.27. The molecule has 0 unspecified atom stereocenters. The van der Waals surface area contributed by atoms with Crippen molar-refractivity contribution in [2.24, 2.45) is 5.92 Å². The number of anilines is 1. The molecule has 9 heteroatoms. The summed E-state index contributed by atoms with van der Waals surface area (Å²) in [4.78, 5) is 30.5. The second-order valence-corrected chi connectivity index (χ2v) is 8.34. The van der Waals surface area contributed by atoms with Crippen LogP contribution < -0.4 is 5.32 Å². The molecule has 1 aromatic heterocycles. The molecule has 1 N–H and O–H groups in total. The lowest BCUT2D eigenvalue weighted by Gasteiger charge is -2.37. The molecule has 0 bridgehead atoms. The molecule has 1 fully saturated rings. The fourth-order valence-electron chi connectivity index (χ4n) is 3.81. The fourth-order valence-corrected chi connectivity index (χ4v) is 3.94. The summed E-state index contributed by atoms with van der Waals surface area (Å²) in [5.74, 6) is -6.48. The van der Waals surface area contributed by atoms with E-state index < -0.39 is 42.4 Å². The molecule has 1 saturated heterocycles. The van der Waals surface area contributed by atoms with E-state index in [1.165, 1.54) is 24.5 Å². The monoisotopic (exact) mass is 473 g/mol. The zero-order chi connectivity index (χ0) is 23.6. The highest BCUT2D eigenvalue weighted by Gasteiger charge is 2.44. The maximum atomic E-state index is 14.5. The lowest BCUT2D eigenvalue weighted by Crippen LogP contribution is -2.52. The highest BCUT2D eigenvalue weighted by molar-refractivity contribution is 6.30. The standard InChI is InChI=1S/C24H19ClF3N3O2/c25-19-1-3-21(4-2-19)30-22(32)18-12-24(27,28)14-31(13-18)23(33)17-9-16(10-20(26)11-17)15-5-7-29-8-6-15/h1-11,18H,12-14H2,(H,30,32)/t18-/m1/s1. The maximum absolute atomic E-state index is 14.5. The Morgan fingerprint density at radius 2 is 1.73 bits per heavy atom. The molecule has 2 heterocycles. The van der Waals surface area contributed by atoms with Crippen LogP contribution in [-0.4, -0.2) is 40.7 Å². The van der Waals surface area contributed by atoms with Crippen molar-refractivity contribution in [3.63, 3.8) is 0 Å². The molecule has 33 heavy (non-hydrogen) atoms. The van der Waals surface area contributed by atoms with Crippen molar-refractivity contribution in [2.45, 2.75) is 12.3 Å². The molecule has 1 atom stereocenters. The number of amides is 2. The van der Waals surface area contributed by atoms with Gasteiger partial charge in [0.2, 0.25) is 5.91 Å². The van der Waals surface area contributed by atoms with Crippen molar-refractivity contribution in [1.82, 2.24) is 9.88 Å². The average Bonchev–Trinajstić information content (AvgIpc) is 2.79. The van der Waals surface area contributed by atoms with Gasteiger partial charge in [-0.3, -0.25) is 14.6 Å². The third-order valence-electron chi connectivity index (χ3n) is 5.34. The molecule has 1 aliphatic heterocycles. The van der Waals surface area contributed by atoms with Gasteiger partial charge >= 0.3 is 0 Å². The van der Waals surface area contributed by atoms with E-state index >= 15 is 0 Å². The molecule has 0 saturated carbocycles. The number of hydrogen-bond acceptors (Lipinski definition) is 3. The Labute approximate surface area is 193 Å². The SMILES string of the molecule is O=C(Nc1ccc(Cl)cc1)[C@H]1CN(C(=O)c2cc(F)cc(-c3ccncc3)c2)CC(F)(F)C1. The minimum absolute atomic E-state index is 0.0728. The van der Waals surface area contributed by atoms with E-state index in [4.69, 9.17) is 11.6 Å². The van der Waals surface area contributed by atoms with Gasteiger partial charge in [0.15, 0.2) is 0 Å². The Morgan fingerprint density at radius 3 is 2.42 bits per heavy atom. The van der Waals surface area contributed by atoms with E-state index in [9.17, 15) is 22.8 Å². The Hall–Kier alpha value is -3.39. The molecule has 4 rings (SSSR count). The number of halogens is 4. The van der Waals surface area contributed by atoms with Crippen LogP contribution >= 0.6 is 11.6 Å². The lowest BCUT2D eigenvalue weighted by atomic mass is 9.93. The average molecular weight is 474 g/mol. The molecule has 5 nitrogen and oxygen atoms in total. The summed E-state index contributed by atoms with van der Waals surface area (Å²) < 4.78 is 43.2. The van der Waals surface area contributed by atoms with Crippen molar-refractivity contribution in [1.29, 1.82) is 0 Å². The zero-order valence-corrected chi connectivity index (χ0v) is 18.0. The molecule has 2 amide bonds. The van der Waals surface area contributed by atoms with Crippen LogP contribution in [-0.2, 0) is 4.79 Å².